The lowest BCUT2D eigenvalue weighted by atomic mass is 10.2. The highest BCUT2D eigenvalue weighted by molar-refractivity contribution is 5.10. The molecule has 0 spiro atoms. The minimum atomic E-state index is 0.495. The van der Waals surface area contributed by atoms with Crippen molar-refractivity contribution < 1.29 is 0 Å². The molecule has 1 heterocycles. The van der Waals surface area contributed by atoms with Crippen molar-refractivity contribution >= 4 is 0 Å². The minimum absolute atomic E-state index is 0.495. The van der Waals surface area contributed by atoms with E-state index in [0.29, 0.717) is 6.04 Å². The second kappa shape index (κ2) is 6.59. The quantitative estimate of drug-likeness (QED) is 0.802. The summed E-state index contributed by atoms with van der Waals surface area (Å²) < 4.78 is 0. The van der Waals surface area contributed by atoms with Gasteiger partial charge in [-0.2, -0.15) is 0 Å². The van der Waals surface area contributed by atoms with Gasteiger partial charge in [0.05, 0.1) is 5.69 Å². The summed E-state index contributed by atoms with van der Waals surface area (Å²) >= 11 is 0. The van der Waals surface area contributed by atoms with Gasteiger partial charge in [0.15, 0.2) is 0 Å². The van der Waals surface area contributed by atoms with E-state index in [-0.39, 0.29) is 0 Å². The molecule has 0 aromatic carbocycles. The van der Waals surface area contributed by atoms with Gasteiger partial charge < -0.3 is 5.32 Å². The van der Waals surface area contributed by atoms with Gasteiger partial charge in [0.1, 0.15) is 5.82 Å². The summed E-state index contributed by atoms with van der Waals surface area (Å²) in [6, 6.07) is 2.56. The first-order chi connectivity index (χ1) is 7.61. The Morgan fingerprint density at radius 3 is 2.69 bits per heavy atom. The molecule has 0 aliphatic heterocycles. The summed E-state index contributed by atoms with van der Waals surface area (Å²) in [5, 5.41) is 3.38. The number of nitrogens with zero attached hydrogens (tertiary/aromatic N) is 2. The molecule has 1 aromatic heterocycles. The lowest BCUT2D eigenvalue weighted by Gasteiger charge is -2.09. The Balaban J connectivity index is 2.65. The smallest absolute Gasteiger partial charge is 0.128 e. The third kappa shape index (κ3) is 4.71. The van der Waals surface area contributed by atoms with E-state index in [4.69, 9.17) is 0 Å². The van der Waals surface area contributed by atoms with Crippen LogP contribution in [0.1, 0.15) is 50.8 Å². The van der Waals surface area contributed by atoms with Crippen molar-refractivity contribution in [2.45, 2.75) is 59.5 Å². The molecule has 1 rings (SSSR count). The van der Waals surface area contributed by atoms with Gasteiger partial charge in [0.25, 0.3) is 0 Å². The van der Waals surface area contributed by atoms with E-state index in [0.717, 1.165) is 30.2 Å². The molecule has 3 heteroatoms. The van der Waals surface area contributed by atoms with E-state index in [1.54, 1.807) is 0 Å². The zero-order valence-corrected chi connectivity index (χ0v) is 10.9. The standard InChI is InChI=1S/C13H23N3/c1-5-6-7-13-15-11(4)8-12(16-13)9-14-10(2)3/h8,10,14H,5-7,9H2,1-4H3. The third-order valence-corrected chi connectivity index (χ3v) is 2.40. The van der Waals surface area contributed by atoms with Crippen LogP contribution in [0.25, 0.3) is 0 Å². The second-order valence-corrected chi connectivity index (χ2v) is 4.56. The first kappa shape index (κ1) is 13.1. The number of nitrogens with one attached hydrogen (secondary N) is 1. The molecule has 0 aliphatic carbocycles. The van der Waals surface area contributed by atoms with Crippen LogP contribution in [0.15, 0.2) is 6.07 Å². The fourth-order valence-corrected chi connectivity index (χ4v) is 1.55. The number of hydrogen-bond acceptors (Lipinski definition) is 3. The number of hydrogen-bond donors (Lipinski definition) is 1. The molecule has 0 bridgehead atoms. The fraction of sp³-hybridized carbons (Fsp3) is 0.692. The van der Waals surface area contributed by atoms with Crippen LogP contribution < -0.4 is 5.32 Å². The molecule has 90 valence electrons. The van der Waals surface area contributed by atoms with Crippen molar-refractivity contribution in [3.63, 3.8) is 0 Å². The lowest BCUT2D eigenvalue weighted by Crippen LogP contribution is -2.23. The van der Waals surface area contributed by atoms with E-state index < -0.39 is 0 Å². The van der Waals surface area contributed by atoms with Crippen molar-refractivity contribution in [3.05, 3.63) is 23.3 Å². The SMILES string of the molecule is CCCCc1nc(C)cc(CNC(C)C)n1. The topological polar surface area (TPSA) is 37.8 Å². The zero-order valence-electron chi connectivity index (χ0n) is 10.9. The van der Waals surface area contributed by atoms with Crippen molar-refractivity contribution in [2.24, 2.45) is 0 Å². The molecule has 3 nitrogen and oxygen atoms in total. The summed E-state index contributed by atoms with van der Waals surface area (Å²) in [6.45, 7) is 9.35. The normalized spacial score (nSPS) is 11.1. The summed E-state index contributed by atoms with van der Waals surface area (Å²) in [4.78, 5) is 9.03. The Morgan fingerprint density at radius 1 is 1.31 bits per heavy atom. The Morgan fingerprint density at radius 2 is 2.06 bits per heavy atom. The maximum atomic E-state index is 4.57. The van der Waals surface area contributed by atoms with Gasteiger partial charge in [-0.15, -0.1) is 0 Å². The summed E-state index contributed by atoms with van der Waals surface area (Å²) in [5.41, 5.74) is 2.17. The molecular weight excluding hydrogens is 198 g/mol. The van der Waals surface area contributed by atoms with E-state index >= 15 is 0 Å². The molecule has 0 amide bonds. The molecule has 0 saturated carbocycles. The molecule has 0 atom stereocenters. The van der Waals surface area contributed by atoms with Crippen LogP contribution in [0.3, 0.4) is 0 Å². The molecule has 16 heavy (non-hydrogen) atoms. The number of aromatic nitrogens is 2. The van der Waals surface area contributed by atoms with Crippen LogP contribution in [0.4, 0.5) is 0 Å². The van der Waals surface area contributed by atoms with E-state index in [2.05, 4.69) is 42.1 Å². The monoisotopic (exact) mass is 221 g/mol. The first-order valence-corrected chi connectivity index (χ1v) is 6.18. The summed E-state index contributed by atoms with van der Waals surface area (Å²) in [7, 11) is 0. The van der Waals surface area contributed by atoms with Crippen molar-refractivity contribution in [1.29, 1.82) is 0 Å². The molecule has 0 fully saturated rings. The number of aryl methyl sites for hydroxylation is 2. The van der Waals surface area contributed by atoms with Crippen molar-refractivity contribution in [2.75, 3.05) is 0 Å². The number of unbranched alkanes of at least 4 members (excludes halogenated alkanes) is 1. The van der Waals surface area contributed by atoms with Gasteiger partial charge in [-0.3, -0.25) is 0 Å². The van der Waals surface area contributed by atoms with Crippen LogP contribution in [-0.2, 0) is 13.0 Å². The molecule has 0 saturated heterocycles. The second-order valence-electron chi connectivity index (χ2n) is 4.56. The number of rotatable bonds is 6. The maximum absolute atomic E-state index is 4.57. The Bertz CT molecular complexity index is 321. The van der Waals surface area contributed by atoms with Gasteiger partial charge in [-0.1, -0.05) is 27.2 Å². The van der Waals surface area contributed by atoms with Gasteiger partial charge in [0, 0.05) is 24.7 Å². The Labute approximate surface area is 98.7 Å². The van der Waals surface area contributed by atoms with Gasteiger partial charge in [0.2, 0.25) is 0 Å². The third-order valence-electron chi connectivity index (χ3n) is 2.40. The van der Waals surface area contributed by atoms with E-state index in [1.165, 1.54) is 12.8 Å². The van der Waals surface area contributed by atoms with E-state index in [1.807, 2.05) is 6.92 Å². The predicted molar refractivity (Wildman–Crippen MR) is 67.4 cm³/mol. The maximum Gasteiger partial charge on any atom is 0.128 e. The van der Waals surface area contributed by atoms with Gasteiger partial charge >= 0.3 is 0 Å². The molecule has 0 aliphatic rings. The lowest BCUT2D eigenvalue weighted by molar-refractivity contribution is 0.577. The molecule has 1 N–H and O–H groups in total. The zero-order chi connectivity index (χ0) is 12.0. The van der Waals surface area contributed by atoms with Crippen LogP contribution in [0, 0.1) is 6.92 Å². The fourth-order valence-electron chi connectivity index (χ4n) is 1.55. The molecule has 0 radical (unpaired) electrons. The molecule has 0 unspecified atom stereocenters. The van der Waals surface area contributed by atoms with E-state index in [9.17, 15) is 0 Å². The predicted octanol–water partition coefficient (Wildman–Crippen LogP) is 2.63. The van der Waals surface area contributed by atoms with Gasteiger partial charge in [-0.05, 0) is 19.4 Å². The first-order valence-electron chi connectivity index (χ1n) is 6.18. The van der Waals surface area contributed by atoms with Crippen LogP contribution >= 0.6 is 0 Å². The minimum Gasteiger partial charge on any atom is -0.309 e. The van der Waals surface area contributed by atoms with Crippen LogP contribution in [0.5, 0.6) is 0 Å². The Kier molecular flexibility index (Phi) is 5.39. The summed E-state index contributed by atoms with van der Waals surface area (Å²) in [5.74, 6) is 0.988. The van der Waals surface area contributed by atoms with Crippen LogP contribution in [0.2, 0.25) is 0 Å². The summed E-state index contributed by atoms with van der Waals surface area (Å²) in [6.07, 6.45) is 3.35. The Hall–Kier alpha value is -0.960. The largest absolute Gasteiger partial charge is 0.309 e. The highest BCUT2D eigenvalue weighted by Crippen LogP contribution is 2.04. The van der Waals surface area contributed by atoms with Crippen LogP contribution in [-0.4, -0.2) is 16.0 Å². The van der Waals surface area contributed by atoms with Crippen molar-refractivity contribution in [3.8, 4) is 0 Å². The molecule has 1 aromatic rings. The molecular formula is C13H23N3. The highest BCUT2D eigenvalue weighted by Gasteiger charge is 2.02. The highest BCUT2D eigenvalue weighted by atomic mass is 14.9. The average molecular weight is 221 g/mol. The van der Waals surface area contributed by atoms with Crippen molar-refractivity contribution in [1.82, 2.24) is 15.3 Å². The van der Waals surface area contributed by atoms with Gasteiger partial charge in [-0.25, -0.2) is 9.97 Å². The average Bonchev–Trinajstić information content (AvgIpc) is 2.23.